The van der Waals surface area contributed by atoms with Crippen molar-refractivity contribution in [3.63, 3.8) is 0 Å². The maximum absolute atomic E-state index is 4.78. The van der Waals surface area contributed by atoms with E-state index >= 15 is 0 Å². The highest BCUT2D eigenvalue weighted by Crippen LogP contribution is 2.27. The Hall–Kier alpha value is 0.300. The fourth-order valence-electron chi connectivity index (χ4n) is 2.17. The molecule has 0 radical (unpaired) electrons. The van der Waals surface area contributed by atoms with Crippen LogP contribution < -0.4 is 0 Å². The molecule has 1 saturated carbocycles. The minimum Gasteiger partial charge on any atom is -0.281 e. The van der Waals surface area contributed by atoms with Crippen LogP contribution in [-0.4, -0.2) is 34.2 Å². The van der Waals surface area contributed by atoms with Gasteiger partial charge in [-0.2, -0.15) is 0 Å². The Balaban J connectivity index is 2.19. The van der Waals surface area contributed by atoms with Crippen molar-refractivity contribution in [3.05, 3.63) is 0 Å². The smallest absolute Gasteiger partial charge is 0.0727 e. The lowest BCUT2D eigenvalue weighted by Gasteiger charge is -2.30. The number of alkyl halides is 2. The van der Waals surface area contributed by atoms with Crippen molar-refractivity contribution in [2.24, 2.45) is 9.98 Å². The van der Waals surface area contributed by atoms with Gasteiger partial charge in [-0.15, -0.1) is 0 Å². The molecule has 0 saturated heterocycles. The standard InChI is InChI=1S/C10H14Br2N2/c11-5-9-10(6-12)14-8-4-2-1-3-7(8)13-9/h7-8H,1-6H2. The van der Waals surface area contributed by atoms with E-state index < -0.39 is 0 Å². The molecule has 4 heteroatoms. The molecule has 0 bridgehead atoms. The fourth-order valence-corrected chi connectivity index (χ4v) is 3.10. The van der Waals surface area contributed by atoms with Gasteiger partial charge < -0.3 is 0 Å². The summed E-state index contributed by atoms with van der Waals surface area (Å²) in [6, 6.07) is 0.943. The quantitative estimate of drug-likeness (QED) is 0.699. The number of halogens is 2. The van der Waals surface area contributed by atoms with Crippen LogP contribution >= 0.6 is 31.9 Å². The summed E-state index contributed by atoms with van der Waals surface area (Å²) < 4.78 is 0. The Morgan fingerprint density at radius 2 is 1.36 bits per heavy atom. The van der Waals surface area contributed by atoms with Crippen LogP contribution in [0.1, 0.15) is 25.7 Å². The predicted molar refractivity (Wildman–Crippen MR) is 68.5 cm³/mol. The highest BCUT2D eigenvalue weighted by atomic mass is 79.9. The van der Waals surface area contributed by atoms with E-state index in [0.717, 1.165) is 22.1 Å². The Morgan fingerprint density at radius 1 is 0.929 bits per heavy atom. The first-order chi connectivity index (χ1) is 6.85. The lowest BCUT2D eigenvalue weighted by Crippen LogP contribution is -2.36. The van der Waals surface area contributed by atoms with Gasteiger partial charge in [-0.05, 0) is 12.8 Å². The number of hydrogen-bond donors (Lipinski definition) is 0. The van der Waals surface area contributed by atoms with E-state index in [1.807, 2.05) is 0 Å². The van der Waals surface area contributed by atoms with Crippen molar-refractivity contribution < 1.29 is 0 Å². The summed E-state index contributed by atoms with van der Waals surface area (Å²) in [4.78, 5) is 9.57. The molecule has 0 aromatic rings. The van der Waals surface area contributed by atoms with Crippen LogP contribution in [0.3, 0.4) is 0 Å². The molecule has 1 aliphatic carbocycles. The van der Waals surface area contributed by atoms with Gasteiger partial charge in [0.25, 0.3) is 0 Å². The molecular weight excluding hydrogens is 308 g/mol. The van der Waals surface area contributed by atoms with Crippen LogP contribution in [0.15, 0.2) is 9.98 Å². The van der Waals surface area contributed by atoms with E-state index in [1.165, 1.54) is 25.7 Å². The SMILES string of the molecule is BrCC1=NC2CCCCC2N=C1CBr. The fraction of sp³-hybridized carbons (Fsp3) is 0.800. The summed E-state index contributed by atoms with van der Waals surface area (Å²) in [7, 11) is 0. The van der Waals surface area contributed by atoms with E-state index in [0.29, 0.717) is 12.1 Å². The molecule has 1 fully saturated rings. The van der Waals surface area contributed by atoms with E-state index in [2.05, 4.69) is 31.9 Å². The molecule has 0 aromatic carbocycles. The summed E-state index contributed by atoms with van der Waals surface area (Å²) >= 11 is 6.95. The average molecular weight is 322 g/mol. The van der Waals surface area contributed by atoms with Crippen molar-refractivity contribution in [3.8, 4) is 0 Å². The predicted octanol–water partition coefficient (Wildman–Crippen LogP) is 2.98. The van der Waals surface area contributed by atoms with Crippen LogP contribution in [0.2, 0.25) is 0 Å². The Morgan fingerprint density at radius 3 is 1.71 bits per heavy atom. The molecule has 0 amide bonds. The maximum Gasteiger partial charge on any atom is 0.0727 e. The number of nitrogens with zero attached hydrogens (tertiary/aromatic N) is 2. The van der Waals surface area contributed by atoms with Crippen molar-refractivity contribution in [1.29, 1.82) is 0 Å². The Kier molecular flexibility index (Phi) is 3.77. The van der Waals surface area contributed by atoms with Gasteiger partial charge in [0.15, 0.2) is 0 Å². The maximum atomic E-state index is 4.78. The summed E-state index contributed by atoms with van der Waals surface area (Å²) in [6.07, 6.45) is 5.08. The molecule has 0 N–H and O–H groups in total. The first kappa shape index (κ1) is 10.8. The molecule has 0 spiro atoms. The van der Waals surface area contributed by atoms with Crippen LogP contribution in [0.25, 0.3) is 0 Å². The van der Waals surface area contributed by atoms with Crippen LogP contribution in [-0.2, 0) is 0 Å². The van der Waals surface area contributed by atoms with E-state index in [-0.39, 0.29) is 0 Å². The van der Waals surface area contributed by atoms with Crippen molar-refractivity contribution in [2.45, 2.75) is 37.8 Å². The molecule has 2 atom stereocenters. The third-order valence-corrected chi connectivity index (χ3v) is 3.99. The summed E-state index contributed by atoms with van der Waals surface area (Å²) in [5, 5.41) is 1.67. The molecule has 1 heterocycles. The monoisotopic (exact) mass is 320 g/mol. The number of hydrogen-bond acceptors (Lipinski definition) is 2. The van der Waals surface area contributed by atoms with Crippen LogP contribution in [0, 0.1) is 0 Å². The molecule has 2 nitrogen and oxygen atoms in total. The minimum absolute atomic E-state index is 0.471. The number of rotatable bonds is 2. The zero-order chi connectivity index (χ0) is 9.97. The van der Waals surface area contributed by atoms with Gasteiger partial charge in [-0.25, -0.2) is 0 Å². The first-order valence-corrected chi connectivity index (χ1v) is 7.35. The first-order valence-electron chi connectivity index (χ1n) is 5.11. The number of aliphatic imine (C=N–C) groups is 2. The average Bonchev–Trinajstić information content (AvgIpc) is 2.27. The van der Waals surface area contributed by atoms with Gasteiger partial charge in [-0.1, -0.05) is 44.7 Å². The van der Waals surface area contributed by atoms with Gasteiger partial charge in [0.1, 0.15) is 0 Å². The highest BCUT2D eigenvalue weighted by molar-refractivity contribution is 9.10. The number of fused-ring (bicyclic) bond motifs is 1. The largest absolute Gasteiger partial charge is 0.281 e. The van der Waals surface area contributed by atoms with Crippen LogP contribution in [0.4, 0.5) is 0 Å². The van der Waals surface area contributed by atoms with E-state index in [4.69, 9.17) is 9.98 Å². The third kappa shape index (κ3) is 2.11. The molecule has 2 unspecified atom stereocenters. The molecule has 14 heavy (non-hydrogen) atoms. The lowest BCUT2D eigenvalue weighted by molar-refractivity contribution is 0.386. The van der Waals surface area contributed by atoms with Gasteiger partial charge in [0, 0.05) is 10.7 Å². The van der Waals surface area contributed by atoms with Gasteiger partial charge in [0.2, 0.25) is 0 Å². The van der Waals surface area contributed by atoms with E-state index in [9.17, 15) is 0 Å². The summed E-state index contributed by atoms with van der Waals surface area (Å²) in [6.45, 7) is 0. The second kappa shape index (κ2) is 4.88. The zero-order valence-corrected chi connectivity index (χ0v) is 11.2. The summed E-state index contributed by atoms with van der Waals surface area (Å²) in [5.41, 5.74) is 2.29. The molecular formula is C10H14Br2N2. The van der Waals surface area contributed by atoms with Crippen molar-refractivity contribution in [2.75, 3.05) is 10.7 Å². The van der Waals surface area contributed by atoms with Gasteiger partial charge >= 0.3 is 0 Å². The topological polar surface area (TPSA) is 24.7 Å². The normalized spacial score (nSPS) is 31.9. The second-order valence-electron chi connectivity index (χ2n) is 3.84. The van der Waals surface area contributed by atoms with Crippen molar-refractivity contribution in [1.82, 2.24) is 0 Å². The molecule has 78 valence electrons. The van der Waals surface area contributed by atoms with Crippen LogP contribution in [0.5, 0.6) is 0 Å². The van der Waals surface area contributed by atoms with Gasteiger partial charge in [-0.3, -0.25) is 9.98 Å². The second-order valence-corrected chi connectivity index (χ2v) is 4.96. The zero-order valence-electron chi connectivity index (χ0n) is 8.05. The molecule has 2 aliphatic rings. The minimum atomic E-state index is 0.471. The molecule has 1 aliphatic heterocycles. The Bertz CT molecular complexity index is 245. The molecule has 0 aromatic heterocycles. The summed E-state index contributed by atoms with van der Waals surface area (Å²) in [5.74, 6) is 0. The third-order valence-electron chi connectivity index (χ3n) is 2.92. The highest BCUT2D eigenvalue weighted by Gasteiger charge is 2.28. The van der Waals surface area contributed by atoms with Gasteiger partial charge in [0.05, 0.1) is 23.5 Å². The Labute approximate surface area is 102 Å². The van der Waals surface area contributed by atoms with Crippen molar-refractivity contribution >= 4 is 43.3 Å². The molecule has 2 rings (SSSR count). The lowest BCUT2D eigenvalue weighted by atomic mass is 9.89. The van der Waals surface area contributed by atoms with E-state index in [1.54, 1.807) is 0 Å².